The first kappa shape index (κ1) is 13.5. The lowest BCUT2D eigenvalue weighted by Gasteiger charge is -2.22. The fraction of sp³-hybridized carbons (Fsp3) is 0.312. The average molecular weight is 286 g/mol. The van der Waals surface area contributed by atoms with E-state index in [0.29, 0.717) is 41.7 Å². The molecule has 5 heteroatoms. The van der Waals surface area contributed by atoms with E-state index < -0.39 is 18.0 Å². The molecule has 1 aromatic rings. The van der Waals surface area contributed by atoms with Crippen molar-refractivity contribution >= 4 is 17.7 Å². The molecule has 1 aromatic carbocycles. The molecule has 2 aliphatic rings. The molecule has 21 heavy (non-hydrogen) atoms. The Hall–Kier alpha value is -2.43. The first-order chi connectivity index (χ1) is 10.1. The van der Waals surface area contributed by atoms with Gasteiger partial charge < -0.3 is 9.47 Å². The van der Waals surface area contributed by atoms with Gasteiger partial charge in [0, 0.05) is 25.3 Å². The van der Waals surface area contributed by atoms with Crippen LogP contribution in [0.4, 0.5) is 0 Å². The van der Waals surface area contributed by atoms with Gasteiger partial charge in [0.15, 0.2) is 11.9 Å². The zero-order valence-electron chi connectivity index (χ0n) is 11.5. The van der Waals surface area contributed by atoms with Gasteiger partial charge in [-0.2, -0.15) is 0 Å². The maximum Gasteiger partial charge on any atom is 0.339 e. The quantitative estimate of drug-likeness (QED) is 0.781. The van der Waals surface area contributed by atoms with Crippen molar-refractivity contribution in [3.05, 3.63) is 46.7 Å². The Kier molecular flexibility index (Phi) is 3.33. The molecule has 1 heterocycles. The molecule has 0 N–H and O–H groups in total. The van der Waals surface area contributed by atoms with E-state index in [1.165, 1.54) is 6.92 Å². The predicted octanol–water partition coefficient (Wildman–Crippen LogP) is 2.47. The van der Waals surface area contributed by atoms with Crippen LogP contribution in [0.1, 0.15) is 48.2 Å². The minimum atomic E-state index is -0.768. The molecule has 1 atom stereocenters. The molecule has 0 fully saturated rings. The second kappa shape index (κ2) is 5.16. The highest BCUT2D eigenvalue weighted by atomic mass is 16.6. The van der Waals surface area contributed by atoms with Gasteiger partial charge in [0.1, 0.15) is 5.76 Å². The van der Waals surface area contributed by atoms with Crippen molar-refractivity contribution in [2.75, 3.05) is 0 Å². The normalized spacial score (nSPS) is 21.1. The van der Waals surface area contributed by atoms with Crippen molar-refractivity contribution in [1.29, 1.82) is 0 Å². The van der Waals surface area contributed by atoms with Gasteiger partial charge in [-0.15, -0.1) is 0 Å². The lowest BCUT2D eigenvalue weighted by molar-refractivity contribution is -0.137. The lowest BCUT2D eigenvalue weighted by Crippen LogP contribution is -2.20. The third kappa shape index (κ3) is 2.35. The molecule has 0 bridgehead atoms. The summed E-state index contributed by atoms with van der Waals surface area (Å²) in [6.07, 6.45) is 0.733. The van der Waals surface area contributed by atoms with Crippen LogP contribution in [0.15, 0.2) is 35.6 Å². The van der Waals surface area contributed by atoms with E-state index in [0.717, 1.165) is 0 Å². The highest BCUT2D eigenvalue weighted by Gasteiger charge is 2.39. The molecule has 3 rings (SSSR count). The number of carbonyl (C=O) groups excluding carboxylic acids is 3. The molecule has 1 aliphatic carbocycles. The first-order valence-corrected chi connectivity index (χ1v) is 6.82. The van der Waals surface area contributed by atoms with Gasteiger partial charge in [0.05, 0.1) is 11.1 Å². The van der Waals surface area contributed by atoms with Gasteiger partial charge in [-0.3, -0.25) is 9.59 Å². The topological polar surface area (TPSA) is 69.7 Å². The zero-order chi connectivity index (χ0) is 15.0. The Labute approximate surface area is 121 Å². The summed E-state index contributed by atoms with van der Waals surface area (Å²) in [7, 11) is 0. The number of esters is 2. The van der Waals surface area contributed by atoms with E-state index in [2.05, 4.69) is 0 Å². The number of allylic oxidation sites excluding steroid dienone is 1. The van der Waals surface area contributed by atoms with E-state index in [4.69, 9.17) is 9.47 Å². The standard InChI is InChI=1S/C16H14O5/c1-9(17)20-13-8-4-7-12(18)14(13)15-10-5-2-3-6-11(10)16(19)21-15/h2-3,5-6,15H,4,7-8H2,1H3. The number of hydrogen-bond acceptors (Lipinski definition) is 5. The Bertz CT molecular complexity index is 671. The molecule has 108 valence electrons. The number of rotatable bonds is 2. The first-order valence-electron chi connectivity index (χ1n) is 6.82. The molecule has 0 spiro atoms. The SMILES string of the molecule is CC(=O)OC1=C(C2OC(=O)c3ccccc32)C(=O)CCC1. The Morgan fingerprint density at radius 3 is 2.76 bits per heavy atom. The third-order valence-electron chi connectivity index (χ3n) is 3.63. The number of ketones is 1. The lowest BCUT2D eigenvalue weighted by atomic mass is 9.88. The van der Waals surface area contributed by atoms with Crippen LogP contribution in [-0.4, -0.2) is 17.7 Å². The summed E-state index contributed by atoms with van der Waals surface area (Å²) < 4.78 is 10.5. The van der Waals surface area contributed by atoms with Crippen molar-refractivity contribution in [3.63, 3.8) is 0 Å². The Morgan fingerprint density at radius 1 is 1.24 bits per heavy atom. The summed E-state index contributed by atoms with van der Waals surface area (Å²) in [5, 5.41) is 0. The van der Waals surface area contributed by atoms with Gasteiger partial charge in [0.2, 0.25) is 0 Å². The number of hydrogen-bond donors (Lipinski definition) is 0. The summed E-state index contributed by atoms with van der Waals surface area (Å²) >= 11 is 0. The maximum absolute atomic E-state index is 12.2. The molecule has 1 unspecified atom stereocenters. The molecule has 0 amide bonds. The molecule has 1 aliphatic heterocycles. The Morgan fingerprint density at radius 2 is 2.00 bits per heavy atom. The van der Waals surface area contributed by atoms with Crippen molar-refractivity contribution in [3.8, 4) is 0 Å². The summed E-state index contributed by atoms with van der Waals surface area (Å²) in [6, 6.07) is 6.95. The number of carbonyl (C=O) groups is 3. The van der Waals surface area contributed by atoms with Gasteiger partial charge in [-0.05, 0) is 12.5 Å². The molecule has 0 saturated carbocycles. The minimum Gasteiger partial charge on any atom is -0.449 e. The second-order valence-electron chi connectivity index (χ2n) is 5.08. The van der Waals surface area contributed by atoms with E-state index in [1.54, 1.807) is 24.3 Å². The molecule has 0 aromatic heterocycles. The number of Topliss-reactive ketones (excluding diaryl/α,β-unsaturated/α-hetero) is 1. The minimum absolute atomic E-state index is 0.132. The predicted molar refractivity (Wildman–Crippen MR) is 72.2 cm³/mol. The van der Waals surface area contributed by atoms with Crippen molar-refractivity contribution in [2.45, 2.75) is 32.3 Å². The summed E-state index contributed by atoms with van der Waals surface area (Å²) in [5.74, 6) is -0.737. The van der Waals surface area contributed by atoms with Crippen LogP contribution < -0.4 is 0 Å². The van der Waals surface area contributed by atoms with Crippen molar-refractivity contribution < 1.29 is 23.9 Å². The fourth-order valence-electron chi connectivity index (χ4n) is 2.77. The van der Waals surface area contributed by atoms with Crippen LogP contribution in [0, 0.1) is 0 Å². The highest BCUT2D eigenvalue weighted by molar-refractivity contribution is 6.02. The maximum atomic E-state index is 12.2. The van der Waals surface area contributed by atoms with Gasteiger partial charge in [0.25, 0.3) is 0 Å². The van der Waals surface area contributed by atoms with Gasteiger partial charge in [-0.1, -0.05) is 18.2 Å². The highest BCUT2D eigenvalue weighted by Crippen LogP contribution is 2.40. The largest absolute Gasteiger partial charge is 0.449 e. The van der Waals surface area contributed by atoms with Gasteiger partial charge in [-0.25, -0.2) is 4.79 Å². The van der Waals surface area contributed by atoms with Crippen LogP contribution in [0.3, 0.4) is 0 Å². The molecule has 0 radical (unpaired) electrons. The van der Waals surface area contributed by atoms with Crippen molar-refractivity contribution in [1.82, 2.24) is 0 Å². The number of cyclic esters (lactones) is 1. The van der Waals surface area contributed by atoms with Crippen LogP contribution in [0.25, 0.3) is 0 Å². The number of benzene rings is 1. The number of ether oxygens (including phenoxy) is 2. The van der Waals surface area contributed by atoms with Crippen LogP contribution in [0.5, 0.6) is 0 Å². The van der Waals surface area contributed by atoms with Crippen LogP contribution in [0.2, 0.25) is 0 Å². The summed E-state index contributed by atoms with van der Waals surface area (Å²) in [6.45, 7) is 1.29. The van der Waals surface area contributed by atoms with E-state index in [-0.39, 0.29) is 5.78 Å². The third-order valence-corrected chi connectivity index (χ3v) is 3.63. The van der Waals surface area contributed by atoms with Crippen LogP contribution in [-0.2, 0) is 19.1 Å². The summed E-state index contributed by atoms with van der Waals surface area (Å²) in [4.78, 5) is 35.4. The van der Waals surface area contributed by atoms with Gasteiger partial charge >= 0.3 is 11.9 Å². The molecular weight excluding hydrogens is 272 g/mol. The smallest absolute Gasteiger partial charge is 0.339 e. The summed E-state index contributed by atoms with van der Waals surface area (Å²) in [5.41, 5.74) is 1.41. The van der Waals surface area contributed by atoms with Crippen molar-refractivity contribution in [2.24, 2.45) is 0 Å². The van der Waals surface area contributed by atoms with E-state index in [1.807, 2.05) is 0 Å². The zero-order valence-corrected chi connectivity index (χ0v) is 11.5. The Balaban J connectivity index is 2.08. The second-order valence-corrected chi connectivity index (χ2v) is 5.08. The monoisotopic (exact) mass is 286 g/mol. The molecule has 5 nitrogen and oxygen atoms in total. The van der Waals surface area contributed by atoms with Crippen LogP contribution >= 0.6 is 0 Å². The molecular formula is C16H14O5. The number of fused-ring (bicyclic) bond motifs is 1. The van der Waals surface area contributed by atoms with E-state index >= 15 is 0 Å². The fourth-order valence-corrected chi connectivity index (χ4v) is 2.77. The average Bonchev–Trinajstić information content (AvgIpc) is 2.76. The molecule has 0 saturated heterocycles. The van der Waals surface area contributed by atoms with E-state index in [9.17, 15) is 14.4 Å².